The van der Waals surface area contributed by atoms with E-state index < -0.39 is 19.9 Å². The number of hydrogen-bond acceptors (Lipinski definition) is 5. The molecule has 1 aromatic carbocycles. The smallest absolute Gasteiger partial charge is 0.266 e. The Morgan fingerprint density at radius 1 is 1.20 bits per heavy atom. The summed E-state index contributed by atoms with van der Waals surface area (Å²) >= 11 is 5.89. The van der Waals surface area contributed by atoms with Crippen molar-refractivity contribution in [2.45, 2.75) is 22.6 Å². The van der Waals surface area contributed by atoms with Crippen molar-refractivity contribution < 1.29 is 21.7 Å². The fourth-order valence-electron chi connectivity index (χ4n) is 1.79. The lowest BCUT2D eigenvalue weighted by Gasteiger charge is -2.25. The third kappa shape index (κ3) is 3.15. The Morgan fingerprint density at radius 3 is 2.45 bits per heavy atom. The molecule has 1 aliphatic heterocycles. The summed E-state index contributed by atoms with van der Waals surface area (Å²) in [6, 6.07) is 3.59. The number of rotatable bonds is 3. The fraction of sp³-hybridized carbons (Fsp3) is 0.455. The molecule has 9 heteroatoms. The molecule has 2 rings (SSSR count). The summed E-state index contributed by atoms with van der Waals surface area (Å²) in [4.78, 5) is 4.76. The number of sulfone groups is 1. The Morgan fingerprint density at radius 2 is 1.90 bits per heavy atom. The van der Waals surface area contributed by atoms with Crippen LogP contribution in [0.15, 0.2) is 28.0 Å². The van der Waals surface area contributed by atoms with Gasteiger partial charge in [-0.1, -0.05) is 16.1 Å². The lowest BCUT2D eigenvalue weighted by Crippen LogP contribution is -2.35. The predicted octanol–water partition coefficient (Wildman–Crippen LogP) is 1.46. The second-order valence-electron chi connectivity index (χ2n) is 4.44. The number of nitrogens with zero attached hydrogens (tertiary/aromatic N) is 1. The van der Waals surface area contributed by atoms with Gasteiger partial charge in [0.15, 0.2) is 9.84 Å². The van der Waals surface area contributed by atoms with Crippen molar-refractivity contribution in [3.05, 3.63) is 23.2 Å². The quantitative estimate of drug-likeness (QED) is 0.832. The number of hydrogen-bond donors (Lipinski definition) is 0. The number of hydroxylamine groups is 1. The van der Waals surface area contributed by atoms with Gasteiger partial charge < -0.3 is 0 Å². The minimum atomic E-state index is -3.96. The largest absolute Gasteiger partial charge is 0.284 e. The van der Waals surface area contributed by atoms with Gasteiger partial charge in [-0.25, -0.2) is 16.8 Å². The molecule has 1 heterocycles. The molecule has 0 radical (unpaired) electrons. The van der Waals surface area contributed by atoms with Crippen LogP contribution in [0.4, 0.5) is 0 Å². The number of benzene rings is 1. The number of sulfonamides is 1. The van der Waals surface area contributed by atoms with E-state index in [1.807, 2.05) is 0 Å². The highest BCUT2D eigenvalue weighted by molar-refractivity contribution is 7.91. The van der Waals surface area contributed by atoms with Gasteiger partial charge in [0.05, 0.1) is 16.5 Å². The maximum absolute atomic E-state index is 12.4. The lowest BCUT2D eigenvalue weighted by molar-refractivity contribution is -0.108. The van der Waals surface area contributed by atoms with Crippen LogP contribution in [0, 0.1) is 0 Å². The van der Waals surface area contributed by atoms with Crippen LogP contribution in [-0.4, -0.2) is 40.7 Å². The van der Waals surface area contributed by atoms with Crippen LogP contribution in [0.3, 0.4) is 0 Å². The van der Waals surface area contributed by atoms with Gasteiger partial charge in [0.25, 0.3) is 10.0 Å². The lowest BCUT2D eigenvalue weighted by atomic mass is 10.3. The highest BCUT2D eigenvalue weighted by Gasteiger charge is 2.30. The minimum absolute atomic E-state index is 0.0356. The third-order valence-corrected chi connectivity index (χ3v) is 6.12. The molecule has 0 aromatic heterocycles. The average molecular weight is 340 g/mol. The highest BCUT2D eigenvalue weighted by atomic mass is 35.5. The zero-order valence-corrected chi connectivity index (χ0v) is 13.1. The summed E-state index contributed by atoms with van der Waals surface area (Å²) in [5.41, 5.74) is 0. The topological polar surface area (TPSA) is 80.8 Å². The monoisotopic (exact) mass is 339 g/mol. The van der Waals surface area contributed by atoms with Crippen molar-refractivity contribution in [3.63, 3.8) is 0 Å². The van der Waals surface area contributed by atoms with E-state index in [4.69, 9.17) is 16.4 Å². The van der Waals surface area contributed by atoms with E-state index in [0.717, 1.165) is 23.2 Å². The fourth-order valence-corrected chi connectivity index (χ4v) is 4.31. The van der Waals surface area contributed by atoms with E-state index in [1.54, 1.807) is 0 Å². The van der Waals surface area contributed by atoms with Crippen molar-refractivity contribution in [1.82, 2.24) is 4.47 Å². The predicted molar refractivity (Wildman–Crippen MR) is 73.6 cm³/mol. The Kier molecular flexibility index (Phi) is 4.41. The van der Waals surface area contributed by atoms with E-state index >= 15 is 0 Å². The summed E-state index contributed by atoms with van der Waals surface area (Å²) in [7, 11) is -7.48. The van der Waals surface area contributed by atoms with E-state index in [9.17, 15) is 16.8 Å². The maximum Gasteiger partial charge on any atom is 0.266 e. The molecule has 0 saturated carbocycles. The summed E-state index contributed by atoms with van der Waals surface area (Å²) < 4.78 is 48.7. The Bertz CT molecular complexity index is 708. The highest BCUT2D eigenvalue weighted by Crippen LogP contribution is 2.28. The van der Waals surface area contributed by atoms with Gasteiger partial charge >= 0.3 is 0 Å². The SMILES string of the molecule is CS(=O)(=O)c1ccc(Cl)c(S(=O)(=O)N2CCCCO2)c1. The van der Waals surface area contributed by atoms with Gasteiger partial charge in [-0.2, -0.15) is 0 Å². The second kappa shape index (κ2) is 5.61. The molecule has 1 saturated heterocycles. The van der Waals surface area contributed by atoms with Crippen LogP contribution in [0.5, 0.6) is 0 Å². The van der Waals surface area contributed by atoms with Crippen molar-refractivity contribution in [3.8, 4) is 0 Å². The van der Waals surface area contributed by atoms with E-state index in [2.05, 4.69) is 0 Å². The first kappa shape index (κ1) is 15.7. The van der Waals surface area contributed by atoms with E-state index in [-0.39, 0.29) is 21.4 Å². The van der Waals surface area contributed by atoms with Crippen molar-refractivity contribution in [2.24, 2.45) is 0 Å². The Balaban J connectivity index is 2.50. The molecular formula is C11H14ClNO5S2. The van der Waals surface area contributed by atoms with E-state index in [1.165, 1.54) is 12.1 Å². The van der Waals surface area contributed by atoms with Crippen LogP contribution in [0.1, 0.15) is 12.8 Å². The van der Waals surface area contributed by atoms with Gasteiger partial charge in [0, 0.05) is 12.8 Å². The summed E-state index contributed by atoms with van der Waals surface area (Å²) in [6.45, 7) is 0.532. The average Bonchev–Trinajstić information content (AvgIpc) is 2.38. The van der Waals surface area contributed by atoms with Crippen LogP contribution in [-0.2, 0) is 24.7 Å². The molecule has 0 spiro atoms. The molecule has 0 aliphatic carbocycles. The second-order valence-corrected chi connectivity index (χ2v) is 8.66. The molecule has 0 atom stereocenters. The molecule has 1 aromatic rings. The van der Waals surface area contributed by atoms with Gasteiger partial charge in [0.1, 0.15) is 4.90 Å². The zero-order chi connectivity index (χ0) is 15.0. The molecule has 112 valence electrons. The molecule has 1 fully saturated rings. The molecule has 20 heavy (non-hydrogen) atoms. The first-order chi connectivity index (χ1) is 9.23. The Hall–Kier alpha value is -0.670. The molecule has 0 unspecified atom stereocenters. The molecular weight excluding hydrogens is 326 g/mol. The van der Waals surface area contributed by atoms with Gasteiger partial charge in [-0.15, -0.1) is 0 Å². The standard InChI is InChI=1S/C11H14ClNO5S2/c1-19(14,15)9-4-5-10(12)11(8-9)20(16,17)13-6-2-3-7-18-13/h4-5,8H,2-3,6-7H2,1H3. The van der Waals surface area contributed by atoms with E-state index in [0.29, 0.717) is 13.0 Å². The van der Waals surface area contributed by atoms with Gasteiger partial charge in [0.2, 0.25) is 0 Å². The van der Waals surface area contributed by atoms with Crippen molar-refractivity contribution in [1.29, 1.82) is 0 Å². The number of halogens is 1. The molecule has 0 bridgehead atoms. The van der Waals surface area contributed by atoms with Crippen LogP contribution < -0.4 is 0 Å². The summed E-state index contributed by atoms with van der Waals surface area (Å²) in [6.07, 6.45) is 2.47. The molecule has 6 nitrogen and oxygen atoms in total. The molecule has 0 N–H and O–H groups in total. The van der Waals surface area contributed by atoms with Crippen LogP contribution in [0.25, 0.3) is 0 Å². The zero-order valence-electron chi connectivity index (χ0n) is 10.7. The molecule has 1 aliphatic rings. The maximum atomic E-state index is 12.4. The first-order valence-corrected chi connectivity index (χ1v) is 9.59. The molecule has 0 amide bonds. The van der Waals surface area contributed by atoms with Gasteiger partial charge in [-0.05, 0) is 31.0 Å². The van der Waals surface area contributed by atoms with Crippen molar-refractivity contribution in [2.75, 3.05) is 19.4 Å². The first-order valence-electron chi connectivity index (χ1n) is 5.88. The summed E-state index contributed by atoms with van der Waals surface area (Å²) in [5, 5.41) is -0.0356. The summed E-state index contributed by atoms with van der Waals surface area (Å²) in [5.74, 6) is 0. The van der Waals surface area contributed by atoms with Crippen molar-refractivity contribution >= 4 is 31.5 Å². The minimum Gasteiger partial charge on any atom is -0.284 e. The third-order valence-electron chi connectivity index (χ3n) is 2.85. The van der Waals surface area contributed by atoms with Gasteiger partial charge in [-0.3, -0.25) is 4.84 Å². The normalized spacial score (nSPS) is 18.1. The van der Waals surface area contributed by atoms with Crippen LogP contribution >= 0.6 is 11.6 Å². The van der Waals surface area contributed by atoms with Crippen LogP contribution in [0.2, 0.25) is 5.02 Å². The Labute approximate surface area is 123 Å².